The summed E-state index contributed by atoms with van der Waals surface area (Å²) in [7, 11) is 0. The second-order valence-corrected chi connectivity index (χ2v) is 2.90. The smallest absolute Gasteiger partial charge is 0.265 e. The third-order valence-electron chi connectivity index (χ3n) is 2.06. The van der Waals surface area contributed by atoms with E-state index in [9.17, 15) is 4.79 Å². The summed E-state index contributed by atoms with van der Waals surface area (Å²) < 4.78 is 5.35. The van der Waals surface area contributed by atoms with E-state index in [1.54, 1.807) is 12.1 Å². The molecule has 4 heteroatoms. The highest BCUT2D eigenvalue weighted by Crippen LogP contribution is 2.26. The van der Waals surface area contributed by atoms with Crippen LogP contribution in [0.5, 0.6) is 5.75 Å². The largest absolute Gasteiger partial charge is 0.489 e. The van der Waals surface area contributed by atoms with Crippen LogP contribution in [0.1, 0.15) is 15.9 Å². The summed E-state index contributed by atoms with van der Waals surface area (Å²) in [6, 6.07) is 5.30. The Bertz CT molecular complexity index is 399. The van der Waals surface area contributed by atoms with Crippen LogP contribution in [0.15, 0.2) is 24.3 Å². The van der Waals surface area contributed by atoms with Gasteiger partial charge in [0.25, 0.3) is 5.91 Å². The molecule has 4 nitrogen and oxygen atoms in total. The number of amides is 1. The fraction of sp³-hybridized carbons (Fsp3) is 0.100. The van der Waals surface area contributed by atoms with Crippen molar-refractivity contribution in [3.8, 4) is 5.75 Å². The molecule has 1 aromatic rings. The molecule has 1 amide bonds. The minimum atomic E-state index is -0.308. The molecule has 0 saturated heterocycles. The van der Waals surface area contributed by atoms with Crippen LogP contribution < -0.4 is 16.0 Å². The van der Waals surface area contributed by atoms with E-state index < -0.39 is 0 Å². The van der Waals surface area contributed by atoms with Crippen LogP contribution in [0.2, 0.25) is 0 Å². The molecule has 0 fully saturated rings. The van der Waals surface area contributed by atoms with Crippen molar-refractivity contribution < 1.29 is 9.53 Å². The molecule has 3 N–H and O–H groups in total. The molecule has 0 atom stereocenters. The third-order valence-corrected chi connectivity index (χ3v) is 2.06. The molecule has 1 heterocycles. The number of hydrogen-bond acceptors (Lipinski definition) is 3. The van der Waals surface area contributed by atoms with E-state index in [-0.39, 0.29) is 5.91 Å². The lowest BCUT2D eigenvalue weighted by Gasteiger charge is -2.14. The Morgan fingerprint density at radius 1 is 1.50 bits per heavy atom. The lowest BCUT2D eigenvalue weighted by molar-refractivity contribution is 0.0953. The molecule has 0 saturated carbocycles. The molecule has 0 bridgehead atoms. The van der Waals surface area contributed by atoms with Gasteiger partial charge in [-0.1, -0.05) is 12.1 Å². The molecule has 0 spiro atoms. The SMILES string of the molecule is NNC(=O)c1cccc2c1C=CCO2. The molecule has 0 unspecified atom stereocenters. The van der Waals surface area contributed by atoms with Gasteiger partial charge in [-0.2, -0.15) is 0 Å². The molecule has 1 aliphatic rings. The zero-order chi connectivity index (χ0) is 9.97. The number of carbonyl (C=O) groups excluding carboxylic acids is 1. The molecule has 1 aliphatic heterocycles. The fourth-order valence-electron chi connectivity index (χ4n) is 1.42. The second-order valence-electron chi connectivity index (χ2n) is 2.90. The van der Waals surface area contributed by atoms with Crippen LogP contribution in [0.3, 0.4) is 0 Å². The van der Waals surface area contributed by atoms with Gasteiger partial charge in [0.15, 0.2) is 0 Å². The molecule has 0 radical (unpaired) electrons. The van der Waals surface area contributed by atoms with E-state index >= 15 is 0 Å². The van der Waals surface area contributed by atoms with E-state index in [4.69, 9.17) is 10.6 Å². The lowest BCUT2D eigenvalue weighted by Crippen LogP contribution is -2.30. The highest BCUT2D eigenvalue weighted by molar-refractivity contribution is 5.98. The van der Waals surface area contributed by atoms with Crippen molar-refractivity contribution in [2.45, 2.75) is 0 Å². The fourth-order valence-corrected chi connectivity index (χ4v) is 1.42. The van der Waals surface area contributed by atoms with Gasteiger partial charge in [-0.05, 0) is 18.2 Å². The summed E-state index contributed by atoms with van der Waals surface area (Å²) in [5, 5.41) is 0. The predicted octanol–water partition coefficient (Wildman–Crippen LogP) is 0.696. The average molecular weight is 190 g/mol. The molecule has 0 aromatic heterocycles. The monoisotopic (exact) mass is 190 g/mol. The van der Waals surface area contributed by atoms with Gasteiger partial charge < -0.3 is 4.74 Å². The summed E-state index contributed by atoms with van der Waals surface area (Å²) in [6.07, 6.45) is 3.72. The first-order valence-electron chi connectivity index (χ1n) is 4.26. The Hall–Kier alpha value is -1.81. The summed E-state index contributed by atoms with van der Waals surface area (Å²) in [4.78, 5) is 11.4. The number of rotatable bonds is 1. The molecular formula is C10H10N2O2. The van der Waals surface area contributed by atoms with Gasteiger partial charge in [0, 0.05) is 5.56 Å². The first-order chi connectivity index (χ1) is 6.83. The standard InChI is InChI=1S/C10H10N2O2/c11-12-10(13)8-3-1-5-9-7(8)4-2-6-14-9/h1-5H,6,11H2,(H,12,13). The first-order valence-corrected chi connectivity index (χ1v) is 4.26. The first kappa shape index (κ1) is 8.77. The van der Waals surface area contributed by atoms with Crippen LogP contribution in [0.25, 0.3) is 6.08 Å². The van der Waals surface area contributed by atoms with Crippen molar-refractivity contribution in [2.24, 2.45) is 5.84 Å². The number of ether oxygens (including phenoxy) is 1. The van der Waals surface area contributed by atoms with Gasteiger partial charge in [0.05, 0.1) is 5.56 Å². The van der Waals surface area contributed by atoms with Gasteiger partial charge in [-0.3, -0.25) is 10.2 Å². The van der Waals surface area contributed by atoms with E-state index in [0.29, 0.717) is 17.9 Å². The van der Waals surface area contributed by atoms with Crippen LogP contribution in [0.4, 0.5) is 0 Å². The van der Waals surface area contributed by atoms with E-state index in [0.717, 1.165) is 5.56 Å². The van der Waals surface area contributed by atoms with Gasteiger partial charge >= 0.3 is 0 Å². The van der Waals surface area contributed by atoms with E-state index in [1.165, 1.54) is 0 Å². The Morgan fingerprint density at radius 2 is 2.36 bits per heavy atom. The Balaban J connectivity index is 2.52. The Labute approximate surface area is 81.3 Å². The van der Waals surface area contributed by atoms with Crippen molar-refractivity contribution in [2.75, 3.05) is 6.61 Å². The highest BCUT2D eigenvalue weighted by Gasteiger charge is 2.14. The van der Waals surface area contributed by atoms with Gasteiger partial charge in [0.1, 0.15) is 12.4 Å². The van der Waals surface area contributed by atoms with Crippen molar-refractivity contribution >= 4 is 12.0 Å². The Morgan fingerprint density at radius 3 is 3.14 bits per heavy atom. The number of nitrogen functional groups attached to an aromatic ring is 1. The average Bonchev–Trinajstić information content (AvgIpc) is 2.27. The van der Waals surface area contributed by atoms with Crippen molar-refractivity contribution in [1.29, 1.82) is 0 Å². The number of nitrogens with two attached hydrogens (primary N) is 1. The maximum absolute atomic E-state index is 11.4. The van der Waals surface area contributed by atoms with E-state index in [2.05, 4.69) is 5.43 Å². The molecular weight excluding hydrogens is 180 g/mol. The topological polar surface area (TPSA) is 64.3 Å². The zero-order valence-corrected chi connectivity index (χ0v) is 7.49. The zero-order valence-electron chi connectivity index (χ0n) is 7.49. The van der Waals surface area contributed by atoms with Gasteiger partial charge in [-0.25, -0.2) is 5.84 Å². The predicted molar refractivity (Wildman–Crippen MR) is 52.6 cm³/mol. The summed E-state index contributed by atoms with van der Waals surface area (Å²) in [5.41, 5.74) is 3.41. The third kappa shape index (κ3) is 1.36. The van der Waals surface area contributed by atoms with Gasteiger partial charge in [0.2, 0.25) is 0 Å². The summed E-state index contributed by atoms with van der Waals surface area (Å²) in [6.45, 7) is 0.542. The molecule has 72 valence electrons. The van der Waals surface area contributed by atoms with Crippen molar-refractivity contribution in [3.63, 3.8) is 0 Å². The number of fused-ring (bicyclic) bond motifs is 1. The summed E-state index contributed by atoms with van der Waals surface area (Å²) in [5.74, 6) is 5.48. The quantitative estimate of drug-likeness (QED) is 0.389. The minimum Gasteiger partial charge on any atom is -0.489 e. The van der Waals surface area contributed by atoms with E-state index in [1.807, 2.05) is 18.2 Å². The summed E-state index contributed by atoms with van der Waals surface area (Å²) >= 11 is 0. The normalized spacial score (nSPS) is 12.9. The Kier molecular flexibility index (Phi) is 2.20. The van der Waals surface area contributed by atoms with Crippen LogP contribution >= 0.6 is 0 Å². The number of nitrogens with one attached hydrogen (secondary N) is 1. The second kappa shape index (κ2) is 3.51. The lowest BCUT2D eigenvalue weighted by atomic mass is 10.0. The maximum Gasteiger partial charge on any atom is 0.265 e. The van der Waals surface area contributed by atoms with Crippen molar-refractivity contribution in [3.05, 3.63) is 35.4 Å². The number of carbonyl (C=O) groups is 1. The maximum atomic E-state index is 11.4. The molecule has 14 heavy (non-hydrogen) atoms. The van der Waals surface area contributed by atoms with Crippen molar-refractivity contribution in [1.82, 2.24) is 5.43 Å². The van der Waals surface area contributed by atoms with Crippen LogP contribution in [0, 0.1) is 0 Å². The van der Waals surface area contributed by atoms with Crippen LogP contribution in [-0.4, -0.2) is 12.5 Å². The van der Waals surface area contributed by atoms with Gasteiger partial charge in [-0.15, -0.1) is 0 Å². The highest BCUT2D eigenvalue weighted by atomic mass is 16.5. The number of benzene rings is 1. The van der Waals surface area contributed by atoms with Crippen LogP contribution in [-0.2, 0) is 0 Å². The minimum absolute atomic E-state index is 0.308. The molecule has 0 aliphatic carbocycles. The molecule has 2 rings (SSSR count). The number of hydrazine groups is 1. The number of hydrogen-bond donors (Lipinski definition) is 2. The molecule has 1 aromatic carbocycles.